The van der Waals surface area contributed by atoms with Crippen LogP contribution in [0.1, 0.15) is 19.5 Å². The van der Waals surface area contributed by atoms with Crippen molar-refractivity contribution in [1.29, 1.82) is 0 Å². The fourth-order valence-corrected chi connectivity index (χ4v) is 4.87. The van der Waals surface area contributed by atoms with Gasteiger partial charge in [-0.05, 0) is 55.6 Å². The lowest BCUT2D eigenvalue weighted by molar-refractivity contribution is 0.716. The van der Waals surface area contributed by atoms with Gasteiger partial charge in [0.25, 0.3) is 0 Å². The summed E-state index contributed by atoms with van der Waals surface area (Å²) in [6, 6.07) is 16.8. The molecule has 4 aromatic heterocycles. The van der Waals surface area contributed by atoms with Crippen LogP contribution in [0.15, 0.2) is 66.7 Å². The van der Waals surface area contributed by atoms with Gasteiger partial charge in [-0.3, -0.25) is 5.10 Å². The molecule has 0 aliphatic rings. The van der Waals surface area contributed by atoms with E-state index in [1.165, 1.54) is 0 Å². The molecule has 7 nitrogen and oxygen atoms in total. The number of hydrogen-bond donors (Lipinski definition) is 4. The largest absolute Gasteiger partial charge is 0.382 e. The minimum atomic E-state index is 0.320. The summed E-state index contributed by atoms with van der Waals surface area (Å²) in [5.74, 6) is 1.47. The maximum Gasteiger partial charge on any atom is 0.162 e. The highest BCUT2D eigenvalue weighted by Crippen LogP contribution is 2.32. The summed E-state index contributed by atoms with van der Waals surface area (Å²) in [6.45, 7) is 8.36. The van der Waals surface area contributed by atoms with Gasteiger partial charge in [0.2, 0.25) is 0 Å². The van der Waals surface area contributed by atoms with E-state index in [4.69, 9.17) is 9.97 Å². The molecule has 4 heterocycles. The summed E-state index contributed by atoms with van der Waals surface area (Å²) in [6.07, 6.45) is 1.82. The third kappa shape index (κ3) is 3.68. The molecule has 4 N–H and O–H groups in total. The second-order valence-electron chi connectivity index (χ2n) is 8.59. The first kappa shape index (κ1) is 20.4. The number of hydrogen-bond acceptors (Lipinski definition) is 6. The zero-order valence-corrected chi connectivity index (χ0v) is 19.6. The molecule has 6 rings (SSSR count). The van der Waals surface area contributed by atoms with E-state index in [1.807, 2.05) is 29.8 Å². The molecule has 0 saturated heterocycles. The number of thiophene rings is 1. The number of anilines is 2. The molecule has 0 fully saturated rings. The number of nitrogens with one attached hydrogen (secondary N) is 4. The Morgan fingerprint density at radius 3 is 2.79 bits per heavy atom. The van der Waals surface area contributed by atoms with E-state index in [2.05, 4.69) is 76.6 Å². The number of benzene rings is 2. The fourth-order valence-electron chi connectivity index (χ4n) is 4.09. The maximum absolute atomic E-state index is 4.92. The summed E-state index contributed by atoms with van der Waals surface area (Å²) in [7, 11) is 0. The highest BCUT2D eigenvalue weighted by Gasteiger charge is 2.13. The van der Waals surface area contributed by atoms with Crippen molar-refractivity contribution in [3.8, 4) is 11.4 Å². The van der Waals surface area contributed by atoms with E-state index in [9.17, 15) is 0 Å². The SMILES string of the molecule is C=C(NC(C)C)c1cc2ccc(-c3nc(Nc4ccc5[nH]ncc5c4)c4sccc4n3)cc2[nH]1. The van der Waals surface area contributed by atoms with Crippen LogP contribution in [0.25, 0.3) is 49.1 Å². The first-order valence-electron chi connectivity index (χ1n) is 11.1. The molecule has 0 bridgehead atoms. The Kier molecular flexibility index (Phi) is 4.81. The van der Waals surface area contributed by atoms with Crippen LogP contribution in [-0.4, -0.2) is 31.2 Å². The van der Waals surface area contributed by atoms with Crippen molar-refractivity contribution in [1.82, 2.24) is 30.5 Å². The van der Waals surface area contributed by atoms with Crippen molar-refractivity contribution in [2.75, 3.05) is 5.32 Å². The third-order valence-electron chi connectivity index (χ3n) is 5.68. The molecular weight excluding hydrogens is 442 g/mol. The average Bonchev–Trinajstić information content (AvgIpc) is 3.56. The van der Waals surface area contributed by atoms with Gasteiger partial charge in [-0.25, -0.2) is 9.97 Å². The summed E-state index contributed by atoms with van der Waals surface area (Å²) in [5, 5.41) is 18.1. The molecule has 0 aliphatic heterocycles. The number of fused-ring (bicyclic) bond motifs is 3. The highest BCUT2D eigenvalue weighted by atomic mass is 32.1. The van der Waals surface area contributed by atoms with E-state index in [1.54, 1.807) is 11.3 Å². The van der Waals surface area contributed by atoms with Gasteiger partial charge in [0.15, 0.2) is 11.6 Å². The molecular formula is C26H23N7S. The number of nitrogens with zero attached hydrogens (tertiary/aromatic N) is 3. The summed E-state index contributed by atoms with van der Waals surface area (Å²) < 4.78 is 1.02. The van der Waals surface area contributed by atoms with Crippen LogP contribution in [0, 0.1) is 0 Å². The van der Waals surface area contributed by atoms with E-state index in [0.717, 1.165) is 60.5 Å². The van der Waals surface area contributed by atoms with Gasteiger partial charge in [-0.2, -0.15) is 5.10 Å². The van der Waals surface area contributed by atoms with E-state index < -0.39 is 0 Å². The van der Waals surface area contributed by atoms with Gasteiger partial charge >= 0.3 is 0 Å². The summed E-state index contributed by atoms with van der Waals surface area (Å²) in [4.78, 5) is 13.2. The first-order chi connectivity index (χ1) is 16.5. The molecule has 0 spiro atoms. The van der Waals surface area contributed by atoms with Crippen molar-refractivity contribution in [3.05, 3.63) is 72.4 Å². The molecule has 0 saturated carbocycles. The normalized spacial score (nSPS) is 11.6. The number of aromatic nitrogens is 5. The van der Waals surface area contributed by atoms with Crippen LogP contribution in [0.4, 0.5) is 11.5 Å². The van der Waals surface area contributed by atoms with Crippen molar-refractivity contribution in [2.45, 2.75) is 19.9 Å². The topological polar surface area (TPSA) is 94.3 Å². The molecule has 0 amide bonds. The minimum Gasteiger partial charge on any atom is -0.382 e. The Bertz CT molecular complexity index is 1670. The van der Waals surface area contributed by atoms with Crippen LogP contribution < -0.4 is 10.6 Å². The van der Waals surface area contributed by atoms with Crippen molar-refractivity contribution in [2.24, 2.45) is 0 Å². The second kappa shape index (κ2) is 8.00. The number of H-pyrrole nitrogens is 2. The van der Waals surface area contributed by atoms with Gasteiger partial charge in [0, 0.05) is 33.6 Å². The number of rotatable bonds is 6. The summed E-state index contributed by atoms with van der Waals surface area (Å²) in [5.41, 5.74) is 6.70. The first-order valence-corrected chi connectivity index (χ1v) is 12.0. The summed E-state index contributed by atoms with van der Waals surface area (Å²) >= 11 is 1.63. The molecule has 0 aliphatic carbocycles. The van der Waals surface area contributed by atoms with E-state index >= 15 is 0 Å². The van der Waals surface area contributed by atoms with Crippen molar-refractivity contribution in [3.63, 3.8) is 0 Å². The molecule has 0 unspecified atom stereocenters. The monoisotopic (exact) mass is 465 g/mol. The van der Waals surface area contributed by atoms with Gasteiger partial charge < -0.3 is 15.6 Å². The van der Waals surface area contributed by atoms with Crippen molar-refractivity contribution >= 4 is 60.6 Å². The minimum absolute atomic E-state index is 0.320. The zero-order valence-electron chi connectivity index (χ0n) is 18.8. The molecule has 2 aromatic carbocycles. The Balaban J connectivity index is 1.39. The standard InChI is InChI=1S/C26H23N7S/c1-14(2)28-15(3)22-11-16-4-5-17(12-23(16)30-22)25-31-21-8-9-34-24(21)26(32-25)29-19-6-7-20-18(10-19)13-27-33-20/h4-14,28,30H,3H2,1-2H3,(H,27,33)(H,29,31,32). The van der Waals surface area contributed by atoms with Crippen LogP contribution >= 0.6 is 11.3 Å². The Labute approximate surface area is 200 Å². The fraction of sp³-hybridized carbons (Fsp3) is 0.115. The highest BCUT2D eigenvalue weighted by molar-refractivity contribution is 7.17. The van der Waals surface area contributed by atoms with Gasteiger partial charge in [0.1, 0.15) is 0 Å². The zero-order chi connectivity index (χ0) is 23.2. The second-order valence-corrected chi connectivity index (χ2v) is 9.51. The van der Waals surface area contributed by atoms with E-state index in [0.29, 0.717) is 11.9 Å². The Morgan fingerprint density at radius 1 is 1.00 bits per heavy atom. The quantitative estimate of drug-likeness (QED) is 0.227. The van der Waals surface area contributed by atoms with Gasteiger partial charge in [0.05, 0.1) is 33.3 Å². The van der Waals surface area contributed by atoms with E-state index in [-0.39, 0.29) is 0 Å². The smallest absolute Gasteiger partial charge is 0.162 e. The predicted molar refractivity (Wildman–Crippen MR) is 141 cm³/mol. The predicted octanol–water partition coefficient (Wildman–Crippen LogP) is 6.43. The van der Waals surface area contributed by atoms with Crippen LogP contribution in [0.5, 0.6) is 0 Å². The molecule has 0 atom stereocenters. The maximum atomic E-state index is 4.92. The van der Waals surface area contributed by atoms with Crippen LogP contribution in [-0.2, 0) is 0 Å². The van der Waals surface area contributed by atoms with Crippen molar-refractivity contribution < 1.29 is 0 Å². The van der Waals surface area contributed by atoms with Gasteiger partial charge in [-0.1, -0.05) is 18.7 Å². The molecule has 0 radical (unpaired) electrons. The lowest BCUT2D eigenvalue weighted by Gasteiger charge is -2.10. The molecule has 8 heteroatoms. The number of aromatic amines is 2. The lowest BCUT2D eigenvalue weighted by atomic mass is 10.1. The molecule has 6 aromatic rings. The molecule has 168 valence electrons. The third-order valence-corrected chi connectivity index (χ3v) is 6.59. The average molecular weight is 466 g/mol. The Morgan fingerprint density at radius 2 is 1.91 bits per heavy atom. The Hall–Kier alpha value is -4.17. The van der Waals surface area contributed by atoms with Crippen LogP contribution in [0.2, 0.25) is 0 Å². The van der Waals surface area contributed by atoms with Crippen LogP contribution in [0.3, 0.4) is 0 Å². The van der Waals surface area contributed by atoms with Gasteiger partial charge in [-0.15, -0.1) is 11.3 Å². The molecule has 34 heavy (non-hydrogen) atoms. The lowest BCUT2D eigenvalue weighted by Crippen LogP contribution is -2.20.